The van der Waals surface area contributed by atoms with Gasteiger partial charge in [-0.25, -0.2) is 0 Å². The van der Waals surface area contributed by atoms with E-state index >= 15 is 0 Å². The van der Waals surface area contributed by atoms with Crippen molar-refractivity contribution >= 4 is 21.5 Å². The number of para-hydroxylation sites is 1. The molecule has 23 heavy (non-hydrogen) atoms. The van der Waals surface area contributed by atoms with Gasteiger partial charge in [0, 0.05) is 16.5 Å². The lowest BCUT2D eigenvalue weighted by molar-refractivity contribution is 0.205. The predicted molar refractivity (Wildman–Crippen MR) is 92.0 cm³/mol. The quantitative estimate of drug-likeness (QED) is 0.453. The number of aliphatic hydroxyl groups is 1. The van der Waals surface area contributed by atoms with Gasteiger partial charge >= 0.3 is 0 Å². The first kappa shape index (κ1) is 12.7. The molecule has 1 heterocycles. The van der Waals surface area contributed by atoms with Crippen molar-refractivity contribution in [2.24, 2.45) is 0 Å². The molecule has 1 unspecified atom stereocenters. The van der Waals surface area contributed by atoms with Gasteiger partial charge in [-0.05, 0) is 22.2 Å². The van der Waals surface area contributed by atoms with E-state index in [1.54, 1.807) is 0 Å². The molecule has 0 aromatic heterocycles. The van der Waals surface area contributed by atoms with Gasteiger partial charge in [0.05, 0.1) is 0 Å². The van der Waals surface area contributed by atoms with Crippen LogP contribution < -0.4 is 4.74 Å². The normalized spacial score (nSPS) is 16.0. The van der Waals surface area contributed by atoms with E-state index in [2.05, 4.69) is 24.3 Å². The van der Waals surface area contributed by atoms with Crippen LogP contribution in [-0.4, -0.2) is 5.11 Å². The van der Waals surface area contributed by atoms with Gasteiger partial charge < -0.3 is 9.84 Å². The second-order valence-electron chi connectivity index (χ2n) is 5.88. The summed E-state index contributed by atoms with van der Waals surface area (Å²) in [6.07, 6.45) is -0.676. The van der Waals surface area contributed by atoms with E-state index in [4.69, 9.17) is 4.74 Å². The summed E-state index contributed by atoms with van der Waals surface area (Å²) in [5.41, 5.74) is 1.68. The van der Waals surface area contributed by atoms with Crippen LogP contribution in [0.4, 0.5) is 0 Å². The molecule has 0 amide bonds. The van der Waals surface area contributed by atoms with E-state index in [0.717, 1.165) is 44.2 Å². The molecule has 1 aliphatic rings. The third-order valence-electron chi connectivity index (χ3n) is 4.62. The summed E-state index contributed by atoms with van der Waals surface area (Å²) >= 11 is 0. The molecular formula is C21H14O2. The van der Waals surface area contributed by atoms with Gasteiger partial charge in [-0.15, -0.1) is 0 Å². The minimum atomic E-state index is -0.676. The Labute approximate surface area is 133 Å². The smallest absolute Gasteiger partial charge is 0.142 e. The first-order valence-electron chi connectivity index (χ1n) is 7.73. The molecule has 4 aromatic rings. The fourth-order valence-electron chi connectivity index (χ4n) is 3.58. The predicted octanol–water partition coefficient (Wildman–Crippen LogP) is 5.18. The summed E-state index contributed by atoms with van der Waals surface area (Å²) in [5, 5.41) is 15.4. The number of rotatable bonds is 0. The number of hydrogen-bond donors (Lipinski definition) is 1. The fraction of sp³-hybridized carbons (Fsp3) is 0.0476. The minimum absolute atomic E-state index is 0.676. The second-order valence-corrected chi connectivity index (χ2v) is 5.88. The number of aliphatic hydroxyl groups excluding tert-OH is 1. The molecule has 0 saturated heterocycles. The van der Waals surface area contributed by atoms with Crippen LogP contribution in [0, 0.1) is 0 Å². The maximum atomic E-state index is 11.0. The van der Waals surface area contributed by atoms with Crippen LogP contribution >= 0.6 is 0 Å². The van der Waals surface area contributed by atoms with Crippen molar-refractivity contribution in [1.29, 1.82) is 0 Å². The number of ether oxygens (including phenoxy) is 1. The molecule has 1 aliphatic heterocycles. The van der Waals surface area contributed by atoms with E-state index in [9.17, 15) is 5.11 Å². The van der Waals surface area contributed by atoms with Gasteiger partial charge in [0.15, 0.2) is 0 Å². The lowest BCUT2D eigenvalue weighted by Gasteiger charge is -2.27. The summed E-state index contributed by atoms with van der Waals surface area (Å²) in [4.78, 5) is 0. The van der Waals surface area contributed by atoms with Crippen molar-refractivity contribution in [1.82, 2.24) is 0 Å². The maximum Gasteiger partial charge on any atom is 0.142 e. The molecule has 0 radical (unpaired) electrons. The monoisotopic (exact) mass is 298 g/mol. The third kappa shape index (κ3) is 1.67. The van der Waals surface area contributed by atoms with Crippen LogP contribution in [0.1, 0.15) is 17.2 Å². The van der Waals surface area contributed by atoms with Gasteiger partial charge in [0.2, 0.25) is 0 Å². The molecular weight excluding hydrogens is 284 g/mol. The summed E-state index contributed by atoms with van der Waals surface area (Å²) in [6.45, 7) is 0. The average Bonchev–Trinajstić information content (AvgIpc) is 2.62. The van der Waals surface area contributed by atoms with Gasteiger partial charge in [0.1, 0.15) is 17.6 Å². The number of hydrogen-bond acceptors (Lipinski definition) is 2. The summed E-state index contributed by atoms with van der Waals surface area (Å²) in [5.74, 6) is 1.50. The van der Waals surface area contributed by atoms with Crippen molar-refractivity contribution < 1.29 is 9.84 Å². The van der Waals surface area contributed by atoms with Crippen LogP contribution in [-0.2, 0) is 0 Å². The zero-order chi connectivity index (χ0) is 15.4. The second kappa shape index (κ2) is 4.58. The molecule has 0 aliphatic carbocycles. The Morgan fingerprint density at radius 1 is 0.652 bits per heavy atom. The molecule has 0 bridgehead atoms. The van der Waals surface area contributed by atoms with Gasteiger partial charge in [-0.3, -0.25) is 0 Å². The van der Waals surface area contributed by atoms with E-state index in [-0.39, 0.29) is 0 Å². The third-order valence-corrected chi connectivity index (χ3v) is 4.62. The Morgan fingerprint density at radius 2 is 1.22 bits per heavy atom. The lowest BCUT2D eigenvalue weighted by atomic mass is 9.89. The van der Waals surface area contributed by atoms with Gasteiger partial charge in [-0.2, -0.15) is 0 Å². The number of fused-ring (bicyclic) bond motifs is 7. The Kier molecular flexibility index (Phi) is 2.52. The van der Waals surface area contributed by atoms with Crippen LogP contribution in [0.25, 0.3) is 21.5 Å². The Bertz CT molecular complexity index is 1070. The SMILES string of the molecule is OC1c2ccccc2Oc2c1c1ccccc1c1ccccc21. The van der Waals surface area contributed by atoms with Gasteiger partial charge in [-0.1, -0.05) is 66.7 Å². The van der Waals surface area contributed by atoms with E-state index < -0.39 is 6.10 Å². The highest BCUT2D eigenvalue weighted by molar-refractivity contribution is 6.12. The molecule has 2 nitrogen and oxygen atoms in total. The summed E-state index contributed by atoms with van der Waals surface area (Å²) in [6, 6.07) is 24.1. The van der Waals surface area contributed by atoms with Crippen LogP contribution in [0.5, 0.6) is 11.5 Å². The highest BCUT2D eigenvalue weighted by Gasteiger charge is 2.29. The standard InChI is InChI=1S/C21H14O2/c22-20-17-11-5-6-12-18(17)23-21-16-10-4-2-8-14(16)13-7-1-3-9-15(13)19(20)21/h1-12,20,22H. The topological polar surface area (TPSA) is 29.5 Å². The largest absolute Gasteiger partial charge is 0.456 e. The molecule has 0 fully saturated rings. The molecule has 1 atom stereocenters. The molecule has 1 N–H and O–H groups in total. The van der Waals surface area contributed by atoms with Crippen molar-refractivity contribution in [3.63, 3.8) is 0 Å². The van der Waals surface area contributed by atoms with Crippen LogP contribution in [0.15, 0.2) is 72.8 Å². The Hall–Kier alpha value is -2.84. The number of benzene rings is 4. The van der Waals surface area contributed by atoms with Gasteiger partial charge in [0.25, 0.3) is 0 Å². The molecule has 0 spiro atoms. The van der Waals surface area contributed by atoms with Crippen LogP contribution in [0.3, 0.4) is 0 Å². The van der Waals surface area contributed by atoms with E-state index in [1.165, 1.54) is 0 Å². The Morgan fingerprint density at radius 3 is 2.00 bits per heavy atom. The van der Waals surface area contributed by atoms with E-state index in [0.29, 0.717) is 0 Å². The molecule has 0 saturated carbocycles. The molecule has 2 heteroatoms. The van der Waals surface area contributed by atoms with Crippen molar-refractivity contribution in [2.45, 2.75) is 6.10 Å². The lowest BCUT2D eigenvalue weighted by Crippen LogP contribution is -2.10. The zero-order valence-corrected chi connectivity index (χ0v) is 12.4. The molecule has 5 rings (SSSR count). The fourth-order valence-corrected chi connectivity index (χ4v) is 3.58. The van der Waals surface area contributed by atoms with E-state index in [1.807, 2.05) is 48.5 Å². The molecule has 4 aromatic carbocycles. The first-order chi connectivity index (χ1) is 11.3. The summed E-state index contributed by atoms with van der Waals surface area (Å²) < 4.78 is 6.21. The maximum absolute atomic E-state index is 11.0. The van der Waals surface area contributed by atoms with Crippen molar-refractivity contribution in [2.75, 3.05) is 0 Å². The van der Waals surface area contributed by atoms with Crippen molar-refractivity contribution in [3.8, 4) is 11.5 Å². The summed E-state index contributed by atoms with van der Waals surface area (Å²) in [7, 11) is 0. The van der Waals surface area contributed by atoms with Crippen molar-refractivity contribution in [3.05, 3.63) is 83.9 Å². The zero-order valence-electron chi connectivity index (χ0n) is 12.4. The Balaban J connectivity index is 1.98. The minimum Gasteiger partial charge on any atom is -0.456 e. The average molecular weight is 298 g/mol. The molecule has 110 valence electrons. The first-order valence-corrected chi connectivity index (χ1v) is 7.73. The highest BCUT2D eigenvalue weighted by Crippen LogP contribution is 2.49. The van der Waals surface area contributed by atoms with Crippen LogP contribution in [0.2, 0.25) is 0 Å². The highest BCUT2D eigenvalue weighted by atomic mass is 16.5.